The number of fused-ring (bicyclic) bond motifs is 8. The van der Waals surface area contributed by atoms with Gasteiger partial charge in [-0.2, -0.15) is 0 Å². The van der Waals surface area contributed by atoms with Crippen molar-refractivity contribution in [2.45, 2.75) is 0 Å². The molecule has 4 aromatic rings. The number of nitrogens with one attached hydrogen (secondary N) is 2. The van der Waals surface area contributed by atoms with Gasteiger partial charge in [-0.1, -0.05) is 0 Å². The van der Waals surface area contributed by atoms with Crippen molar-refractivity contribution in [3.8, 4) is 11.1 Å². The molecule has 2 N–H and O–H groups in total. The molecule has 0 atom stereocenters. The number of aromatic amines is 2. The summed E-state index contributed by atoms with van der Waals surface area (Å²) in [4.78, 5) is 26.9. The Bertz CT molecular complexity index is 1650. The molecule has 6 rings (SSSR count). The van der Waals surface area contributed by atoms with Gasteiger partial charge in [-0.25, -0.2) is 9.97 Å². The molecule has 1 aromatic carbocycles. The number of nitro groups is 1. The molecule has 2 aliphatic heterocycles. The number of rotatable bonds is 2. The van der Waals surface area contributed by atoms with Crippen LogP contribution in [-0.4, -0.2) is 24.9 Å². The van der Waals surface area contributed by atoms with Crippen LogP contribution in [0.1, 0.15) is 22.8 Å². The van der Waals surface area contributed by atoms with E-state index in [2.05, 4.69) is 9.97 Å². The summed E-state index contributed by atoms with van der Waals surface area (Å²) in [6.07, 6.45) is 7.89. The van der Waals surface area contributed by atoms with Gasteiger partial charge in [-0.05, 0) is 84.5 Å². The summed E-state index contributed by atoms with van der Waals surface area (Å²) in [7, 11) is 0. The van der Waals surface area contributed by atoms with Crippen molar-refractivity contribution >= 4 is 52.1 Å². The Morgan fingerprint density at radius 3 is 1.74 bits per heavy atom. The SMILES string of the molecule is O=[N+]([O-])c1ccc(-c2cc3cc4nc(cc5ccc(cc6nc(cc2[nH]3)C=C6)[nH]5)C=C4)cc1.[Fe]. The van der Waals surface area contributed by atoms with E-state index < -0.39 is 4.92 Å². The minimum absolute atomic E-state index is 0. The van der Waals surface area contributed by atoms with Crippen molar-refractivity contribution < 1.29 is 22.0 Å². The fraction of sp³-hybridized carbons (Fsp3) is 0. The first-order valence-corrected chi connectivity index (χ1v) is 10.4. The summed E-state index contributed by atoms with van der Waals surface area (Å²) in [5, 5.41) is 11.1. The van der Waals surface area contributed by atoms with E-state index in [1.165, 1.54) is 12.1 Å². The van der Waals surface area contributed by atoms with Crippen molar-refractivity contribution in [2.75, 3.05) is 0 Å². The van der Waals surface area contributed by atoms with Gasteiger partial charge in [0.15, 0.2) is 0 Å². The van der Waals surface area contributed by atoms with Gasteiger partial charge in [-0.3, -0.25) is 10.1 Å². The van der Waals surface area contributed by atoms with E-state index in [4.69, 9.17) is 9.97 Å². The third-order valence-corrected chi connectivity index (χ3v) is 5.56. The number of aromatic nitrogens is 4. The van der Waals surface area contributed by atoms with Crippen LogP contribution in [0.2, 0.25) is 0 Å². The predicted octanol–water partition coefficient (Wildman–Crippen LogP) is 6.23. The normalized spacial score (nSPS) is 11.9. The molecule has 7 nitrogen and oxygen atoms in total. The largest absolute Gasteiger partial charge is 0.355 e. The summed E-state index contributed by atoms with van der Waals surface area (Å²) in [5.41, 5.74) is 8.92. The zero-order valence-electron chi connectivity index (χ0n) is 17.7. The van der Waals surface area contributed by atoms with Gasteiger partial charge >= 0.3 is 0 Å². The van der Waals surface area contributed by atoms with Crippen LogP contribution in [0.4, 0.5) is 5.69 Å². The molecule has 3 aromatic heterocycles. The fourth-order valence-corrected chi connectivity index (χ4v) is 4.02. The molecule has 166 valence electrons. The Labute approximate surface area is 204 Å². The number of H-pyrrole nitrogens is 2. The molecule has 0 saturated carbocycles. The van der Waals surface area contributed by atoms with E-state index >= 15 is 0 Å². The predicted molar refractivity (Wildman–Crippen MR) is 131 cm³/mol. The standard InChI is InChI=1S/C26H17N5O2.Fe/c32-31(33)24-9-1-16(2-10-24)25-14-23-13-21-6-5-19(28-21)11-17-3-4-18(27-17)12-20-7-8-22(29-20)15-26(25)30-23;/h1-15,27,30H;. The molecular weight excluding hydrogens is 470 g/mol. The minimum atomic E-state index is -0.394. The molecule has 8 bridgehead atoms. The molecule has 5 heterocycles. The molecule has 0 radical (unpaired) electrons. The average Bonchev–Trinajstić information content (AvgIpc) is 3.59. The van der Waals surface area contributed by atoms with Crippen LogP contribution in [-0.2, 0) is 17.1 Å². The van der Waals surface area contributed by atoms with E-state index in [0.29, 0.717) is 0 Å². The van der Waals surface area contributed by atoms with Crippen molar-refractivity contribution in [1.82, 2.24) is 19.9 Å². The minimum Gasteiger partial charge on any atom is -0.355 e. The van der Waals surface area contributed by atoms with Gasteiger partial charge in [0.1, 0.15) is 0 Å². The van der Waals surface area contributed by atoms with Crippen molar-refractivity contribution in [2.24, 2.45) is 0 Å². The monoisotopic (exact) mass is 487 g/mol. The summed E-state index contributed by atoms with van der Waals surface area (Å²) >= 11 is 0. The first-order chi connectivity index (χ1) is 16.1. The Morgan fingerprint density at radius 2 is 1.18 bits per heavy atom. The summed E-state index contributed by atoms with van der Waals surface area (Å²) in [5.74, 6) is 0. The van der Waals surface area contributed by atoms with Crippen LogP contribution >= 0.6 is 0 Å². The van der Waals surface area contributed by atoms with Gasteiger partial charge in [0.25, 0.3) is 5.69 Å². The molecule has 2 aliphatic rings. The van der Waals surface area contributed by atoms with E-state index in [1.807, 2.05) is 66.8 Å². The average molecular weight is 487 g/mol. The van der Waals surface area contributed by atoms with E-state index in [-0.39, 0.29) is 22.8 Å². The van der Waals surface area contributed by atoms with Gasteiger partial charge in [0.05, 0.1) is 27.7 Å². The maximum absolute atomic E-state index is 11.1. The Balaban J connectivity index is 0.00000241. The van der Waals surface area contributed by atoms with Crippen molar-refractivity contribution in [3.05, 3.63) is 99.6 Å². The van der Waals surface area contributed by atoms with Crippen LogP contribution in [0, 0.1) is 10.1 Å². The maximum atomic E-state index is 11.1. The maximum Gasteiger partial charge on any atom is 0.269 e. The van der Waals surface area contributed by atoms with Crippen LogP contribution < -0.4 is 0 Å². The zero-order chi connectivity index (χ0) is 22.4. The van der Waals surface area contributed by atoms with Crippen LogP contribution in [0.5, 0.6) is 0 Å². The molecule has 34 heavy (non-hydrogen) atoms. The zero-order valence-corrected chi connectivity index (χ0v) is 18.8. The molecule has 0 unspecified atom stereocenters. The second-order valence-corrected chi connectivity index (χ2v) is 7.89. The number of benzene rings is 1. The molecular formula is C26H17FeN5O2. The summed E-state index contributed by atoms with van der Waals surface area (Å²) < 4.78 is 0. The molecule has 0 amide bonds. The molecule has 0 saturated heterocycles. The molecule has 0 fully saturated rings. The topological polar surface area (TPSA) is 100 Å². The number of hydrogen-bond acceptors (Lipinski definition) is 4. The summed E-state index contributed by atoms with van der Waals surface area (Å²) in [6, 6.07) is 20.6. The Morgan fingerprint density at radius 1 is 0.647 bits per heavy atom. The van der Waals surface area contributed by atoms with Crippen LogP contribution in [0.3, 0.4) is 0 Å². The third kappa shape index (κ3) is 4.20. The number of nitrogens with zero attached hydrogens (tertiary/aromatic N) is 3. The van der Waals surface area contributed by atoms with Crippen LogP contribution in [0.25, 0.3) is 57.5 Å². The van der Waals surface area contributed by atoms with Gasteiger partial charge in [0.2, 0.25) is 0 Å². The van der Waals surface area contributed by atoms with Crippen molar-refractivity contribution in [3.63, 3.8) is 0 Å². The second kappa shape index (κ2) is 8.59. The van der Waals surface area contributed by atoms with E-state index in [0.717, 1.165) is 56.0 Å². The molecule has 8 heteroatoms. The summed E-state index contributed by atoms with van der Waals surface area (Å²) in [6.45, 7) is 0. The Kier molecular flexibility index (Phi) is 5.45. The van der Waals surface area contributed by atoms with Gasteiger partial charge in [0, 0.05) is 56.8 Å². The first-order valence-electron chi connectivity index (χ1n) is 10.4. The molecule has 0 spiro atoms. The number of nitro benzene ring substituents is 1. The first kappa shape index (κ1) is 21.6. The van der Waals surface area contributed by atoms with Crippen molar-refractivity contribution in [1.29, 1.82) is 0 Å². The number of non-ortho nitro benzene ring substituents is 1. The van der Waals surface area contributed by atoms with Gasteiger partial charge in [-0.15, -0.1) is 0 Å². The fourth-order valence-electron chi connectivity index (χ4n) is 4.02. The quantitative estimate of drug-likeness (QED) is 0.172. The smallest absolute Gasteiger partial charge is 0.269 e. The van der Waals surface area contributed by atoms with E-state index in [1.54, 1.807) is 12.1 Å². The second-order valence-electron chi connectivity index (χ2n) is 7.89. The van der Waals surface area contributed by atoms with Crippen LogP contribution in [0.15, 0.2) is 66.7 Å². The third-order valence-electron chi connectivity index (χ3n) is 5.56. The van der Waals surface area contributed by atoms with E-state index in [9.17, 15) is 10.1 Å². The number of hydrogen-bond donors (Lipinski definition) is 2. The van der Waals surface area contributed by atoms with Gasteiger partial charge < -0.3 is 9.97 Å². The Hall–Kier alpha value is -4.26. The molecule has 0 aliphatic carbocycles.